The summed E-state index contributed by atoms with van der Waals surface area (Å²) < 4.78 is 5.36. The fourth-order valence-electron chi connectivity index (χ4n) is 2.59. The molecule has 1 N–H and O–H groups in total. The van der Waals surface area contributed by atoms with Gasteiger partial charge in [-0.3, -0.25) is 4.90 Å². The summed E-state index contributed by atoms with van der Waals surface area (Å²) in [7, 11) is 0. The van der Waals surface area contributed by atoms with Crippen molar-refractivity contribution in [2.75, 3.05) is 44.7 Å². The molecule has 3 rings (SSSR count). The molecule has 3 heterocycles. The fourth-order valence-corrected chi connectivity index (χ4v) is 3.77. The van der Waals surface area contributed by atoms with Gasteiger partial charge in [0.05, 0.1) is 18.6 Å². The number of halogens is 1. The van der Waals surface area contributed by atoms with Crippen molar-refractivity contribution in [1.29, 1.82) is 0 Å². The van der Waals surface area contributed by atoms with E-state index < -0.39 is 0 Å². The van der Waals surface area contributed by atoms with Gasteiger partial charge in [-0.2, -0.15) is 0 Å². The van der Waals surface area contributed by atoms with E-state index in [2.05, 4.69) is 33.2 Å². The average molecular weight is 341 g/mol. The Kier molecular flexibility index (Phi) is 5.46. The standard InChI is InChI=1S/C15H21ClN4OS/c1-2-11-10-12-13(18-15(16)19-14(12)22-11)17-4-3-5-20-6-8-21-9-7-20/h10H,2-9H2,1H3,(H,17,18,19). The van der Waals surface area contributed by atoms with Crippen LogP contribution >= 0.6 is 22.9 Å². The molecule has 0 atom stereocenters. The second-order valence-electron chi connectivity index (χ2n) is 5.36. The fraction of sp³-hybridized carbons (Fsp3) is 0.600. The zero-order valence-electron chi connectivity index (χ0n) is 12.8. The molecule has 0 radical (unpaired) electrons. The molecule has 5 nitrogen and oxygen atoms in total. The first kappa shape index (κ1) is 15.9. The third-order valence-corrected chi connectivity index (χ3v) is 5.15. The number of fused-ring (bicyclic) bond motifs is 1. The van der Waals surface area contributed by atoms with Crippen molar-refractivity contribution >= 4 is 39.0 Å². The van der Waals surface area contributed by atoms with E-state index in [1.807, 2.05) is 0 Å². The Balaban J connectivity index is 1.59. The van der Waals surface area contributed by atoms with Gasteiger partial charge in [-0.05, 0) is 37.1 Å². The monoisotopic (exact) mass is 340 g/mol. The average Bonchev–Trinajstić information content (AvgIpc) is 2.95. The van der Waals surface area contributed by atoms with Crippen LogP contribution in [-0.4, -0.2) is 54.3 Å². The minimum Gasteiger partial charge on any atom is -0.379 e. The molecule has 0 saturated carbocycles. The van der Waals surface area contributed by atoms with Crippen LogP contribution < -0.4 is 5.32 Å². The lowest BCUT2D eigenvalue weighted by Gasteiger charge is -2.26. The molecule has 0 amide bonds. The van der Waals surface area contributed by atoms with Crippen molar-refractivity contribution in [3.05, 3.63) is 16.2 Å². The van der Waals surface area contributed by atoms with Gasteiger partial charge >= 0.3 is 0 Å². The van der Waals surface area contributed by atoms with Crippen LogP contribution in [0.4, 0.5) is 5.82 Å². The number of ether oxygens (including phenoxy) is 1. The van der Waals surface area contributed by atoms with Crippen molar-refractivity contribution in [1.82, 2.24) is 14.9 Å². The zero-order chi connectivity index (χ0) is 15.4. The summed E-state index contributed by atoms with van der Waals surface area (Å²) in [5, 5.41) is 4.81. The van der Waals surface area contributed by atoms with Crippen LogP contribution in [0.15, 0.2) is 6.07 Å². The number of hydrogen-bond donors (Lipinski definition) is 1. The summed E-state index contributed by atoms with van der Waals surface area (Å²) in [6, 6.07) is 2.17. The van der Waals surface area contributed by atoms with E-state index in [4.69, 9.17) is 16.3 Å². The molecule has 2 aromatic heterocycles. The molecule has 1 fully saturated rings. The van der Waals surface area contributed by atoms with E-state index in [0.717, 1.165) is 68.3 Å². The van der Waals surface area contributed by atoms with Gasteiger partial charge in [0.25, 0.3) is 0 Å². The number of aromatic nitrogens is 2. The predicted octanol–water partition coefficient (Wildman–Crippen LogP) is 3.04. The van der Waals surface area contributed by atoms with E-state index in [1.165, 1.54) is 4.88 Å². The van der Waals surface area contributed by atoms with Crippen LogP contribution in [0, 0.1) is 0 Å². The van der Waals surface area contributed by atoms with Crippen molar-refractivity contribution < 1.29 is 4.74 Å². The highest BCUT2D eigenvalue weighted by Gasteiger charge is 2.12. The summed E-state index contributed by atoms with van der Waals surface area (Å²) in [5.41, 5.74) is 0. The molecule has 0 aliphatic carbocycles. The number of anilines is 1. The maximum atomic E-state index is 6.03. The van der Waals surface area contributed by atoms with Gasteiger partial charge in [0.2, 0.25) is 5.28 Å². The zero-order valence-corrected chi connectivity index (χ0v) is 14.3. The topological polar surface area (TPSA) is 50.3 Å². The Morgan fingerprint density at radius 2 is 2.18 bits per heavy atom. The Morgan fingerprint density at radius 3 is 2.95 bits per heavy atom. The van der Waals surface area contributed by atoms with Crippen LogP contribution in [0.2, 0.25) is 5.28 Å². The Bertz CT molecular complexity index is 627. The minimum atomic E-state index is 0.313. The largest absolute Gasteiger partial charge is 0.379 e. The maximum Gasteiger partial charge on any atom is 0.225 e. The summed E-state index contributed by atoms with van der Waals surface area (Å²) in [6.45, 7) is 7.89. The molecular formula is C15H21ClN4OS. The molecule has 0 unspecified atom stereocenters. The number of morpholine rings is 1. The quantitative estimate of drug-likeness (QED) is 0.647. The van der Waals surface area contributed by atoms with Crippen LogP contribution in [0.1, 0.15) is 18.2 Å². The lowest BCUT2D eigenvalue weighted by atomic mass is 10.3. The number of nitrogens with zero attached hydrogens (tertiary/aromatic N) is 3. The molecule has 1 aliphatic heterocycles. The SMILES string of the molecule is CCc1cc2c(NCCCN3CCOCC3)nc(Cl)nc2s1. The van der Waals surface area contributed by atoms with Gasteiger partial charge in [0.15, 0.2) is 0 Å². The molecule has 22 heavy (non-hydrogen) atoms. The molecular weight excluding hydrogens is 320 g/mol. The first-order valence-electron chi connectivity index (χ1n) is 7.76. The van der Waals surface area contributed by atoms with Crippen molar-refractivity contribution in [2.24, 2.45) is 0 Å². The first-order chi connectivity index (χ1) is 10.8. The van der Waals surface area contributed by atoms with E-state index >= 15 is 0 Å². The first-order valence-corrected chi connectivity index (χ1v) is 8.95. The van der Waals surface area contributed by atoms with Crippen LogP contribution in [-0.2, 0) is 11.2 Å². The molecule has 0 aromatic carbocycles. The second-order valence-corrected chi connectivity index (χ2v) is 6.81. The van der Waals surface area contributed by atoms with Gasteiger partial charge in [-0.25, -0.2) is 9.97 Å². The van der Waals surface area contributed by atoms with Gasteiger partial charge in [-0.15, -0.1) is 11.3 Å². The van der Waals surface area contributed by atoms with Gasteiger partial charge in [0.1, 0.15) is 10.6 Å². The van der Waals surface area contributed by atoms with E-state index in [1.54, 1.807) is 11.3 Å². The van der Waals surface area contributed by atoms with Crippen molar-refractivity contribution in [3.63, 3.8) is 0 Å². The molecule has 0 spiro atoms. The Morgan fingerprint density at radius 1 is 1.36 bits per heavy atom. The predicted molar refractivity (Wildman–Crippen MR) is 92.2 cm³/mol. The molecule has 1 saturated heterocycles. The number of rotatable bonds is 6. The minimum absolute atomic E-state index is 0.313. The smallest absolute Gasteiger partial charge is 0.225 e. The number of hydrogen-bond acceptors (Lipinski definition) is 6. The van der Waals surface area contributed by atoms with Gasteiger partial charge < -0.3 is 10.1 Å². The highest BCUT2D eigenvalue weighted by Crippen LogP contribution is 2.30. The van der Waals surface area contributed by atoms with Crippen LogP contribution in [0.3, 0.4) is 0 Å². The number of thiophene rings is 1. The number of nitrogens with one attached hydrogen (secondary N) is 1. The Labute approximate surface area is 139 Å². The summed E-state index contributed by atoms with van der Waals surface area (Å²) in [4.78, 5) is 13.4. The molecule has 7 heteroatoms. The molecule has 2 aromatic rings. The van der Waals surface area contributed by atoms with Gasteiger partial charge in [-0.1, -0.05) is 6.92 Å². The maximum absolute atomic E-state index is 6.03. The third kappa shape index (κ3) is 3.87. The third-order valence-electron chi connectivity index (χ3n) is 3.81. The molecule has 0 bridgehead atoms. The van der Waals surface area contributed by atoms with E-state index in [-0.39, 0.29) is 0 Å². The summed E-state index contributed by atoms with van der Waals surface area (Å²) in [5.74, 6) is 0.855. The summed E-state index contributed by atoms with van der Waals surface area (Å²) >= 11 is 7.72. The van der Waals surface area contributed by atoms with Crippen LogP contribution in [0.5, 0.6) is 0 Å². The number of aryl methyl sites for hydroxylation is 1. The summed E-state index contributed by atoms with van der Waals surface area (Å²) in [6.07, 6.45) is 2.09. The second kappa shape index (κ2) is 7.55. The van der Waals surface area contributed by atoms with Gasteiger partial charge in [0, 0.05) is 24.5 Å². The van der Waals surface area contributed by atoms with Crippen molar-refractivity contribution in [2.45, 2.75) is 19.8 Å². The van der Waals surface area contributed by atoms with E-state index in [9.17, 15) is 0 Å². The lowest BCUT2D eigenvalue weighted by molar-refractivity contribution is 0.0378. The van der Waals surface area contributed by atoms with Crippen molar-refractivity contribution in [3.8, 4) is 0 Å². The van der Waals surface area contributed by atoms with E-state index in [0.29, 0.717) is 5.28 Å². The highest BCUT2D eigenvalue weighted by molar-refractivity contribution is 7.18. The molecule has 1 aliphatic rings. The van der Waals surface area contributed by atoms with Crippen LogP contribution in [0.25, 0.3) is 10.2 Å². The Hall–Kier alpha value is -0.950. The highest BCUT2D eigenvalue weighted by atomic mass is 35.5. The molecule has 120 valence electrons. The normalized spacial score (nSPS) is 16.3. The lowest BCUT2D eigenvalue weighted by Crippen LogP contribution is -2.37.